The second kappa shape index (κ2) is 9.15. The van der Waals surface area contributed by atoms with Crippen LogP contribution in [0.25, 0.3) is 6.08 Å². The van der Waals surface area contributed by atoms with Crippen molar-refractivity contribution in [3.8, 4) is 0 Å². The molecule has 3 heterocycles. The van der Waals surface area contributed by atoms with Crippen LogP contribution in [-0.4, -0.2) is 44.0 Å². The number of piperidine rings is 1. The van der Waals surface area contributed by atoms with Crippen LogP contribution >= 0.6 is 11.3 Å². The van der Waals surface area contributed by atoms with E-state index in [0.717, 1.165) is 23.3 Å². The van der Waals surface area contributed by atoms with Gasteiger partial charge in [0.15, 0.2) is 5.69 Å². The second-order valence-corrected chi connectivity index (χ2v) is 8.21. The number of thiophene rings is 1. The lowest BCUT2D eigenvalue weighted by molar-refractivity contribution is 0.0470. The minimum absolute atomic E-state index is 0.0904. The number of rotatable bonds is 6. The normalized spacial score (nSPS) is 16.4. The van der Waals surface area contributed by atoms with Crippen molar-refractivity contribution in [2.45, 2.75) is 25.5 Å². The highest BCUT2D eigenvalue weighted by Gasteiger charge is 2.30. The van der Waals surface area contributed by atoms with E-state index in [4.69, 9.17) is 0 Å². The number of aliphatic hydroxyl groups is 1. The summed E-state index contributed by atoms with van der Waals surface area (Å²) in [6.07, 6.45) is 6.86. The summed E-state index contributed by atoms with van der Waals surface area (Å²) >= 11 is 1.58. The number of aliphatic hydroxyl groups excluding tert-OH is 1. The van der Waals surface area contributed by atoms with Crippen LogP contribution in [-0.2, 0) is 6.54 Å². The van der Waals surface area contributed by atoms with Crippen LogP contribution in [0.5, 0.6) is 0 Å². The van der Waals surface area contributed by atoms with E-state index in [-0.39, 0.29) is 11.8 Å². The highest BCUT2D eigenvalue weighted by Crippen LogP contribution is 2.33. The van der Waals surface area contributed by atoms with Crippen molar-refractivity contribution in [3.63, 3.8) is 0 Å². The molecule has 0 radical (unpaired) electrons. The summed E-state index contributed by atoms with van der Waals surface area (Å²) < 4.78 is 1.67. The molecule has 6 nitrogen and oxygen atoms in total. The zero-order chi connectivity index (χ0) is 20.1. The van der Waals surface area contributed by atoms with Gasteiger partial charge in [0.25, 0.3) is 5.91 Å². The van der Waals surface area contributed by atoms with Crippen LogP contribution in [0.15, 0.2) is 60.1 Å². The Hall–Kier alpha value is -2.77. The summed E-state index contributed by atoms with van der Waals surface area (Å²) in [7, 11) is 0. The summed E-state index contributed by atoms with van der Waals surface area (Å²) in [5.74, 6) is 0.101. The monoisotopic (exact) mass is 408 g/mol. The van der Waals surface area contributed by atoms with Crippen molar-refractivity contribution in [1.82, 2.24) is 19.9 Å². The molecule has 1 unspecified atom stereocenters. The van der Waals surface area contributed by atoms with Crippen LogP contribution in [0, 0.1) is 5.92 Å². The Morgan fingerprint density at radius 3 is 2.72 bits per heavy atom. The quantitative estimate of drug-likeness (QED) is 0.676. The van der Waals surface area contributed by atoms with E-state index < -0.39 is 6.10 Å². The third-order valence-electron chi connectivity index (χ3n) is 5.27. The number of amides is 1. The molecule has 1 saturated heterocycles. The van der Waals surface area contributed by atoms with Gasteiger partial charge in [-0.1, -0.05) is 53.8 Å². The van der Waals surface area contributed by atoms with Crippen molar-refractivity contribution in [1.29, 1.82) is 0 Å². The molecule has 29 heavy (non-hydrogen) atoms. The Balaban J connectivity index is 1.30. The molecule has 150 valence electrons. The summed E-state index contributed by atoms with van der Waals surface area (Å²) in [6.45, 7) is 1.82. The van der Waals surface area contributed by atoms with Crippen LogP contribution in [0.4, 0.5) is 0 Å². The minimum atomic E-state index is -0.440. The lowest BCUT2D eigenvalue weighted by Crippen LogP contribution is -2.39. The van der Waals surface area contributed by atoms with E-state index in [2.05, 4.69) is 10.3 Å². The average Bonchev–Trinajstić information content (AvgIpc) is 3.46. The predicted molar refractivity (Wildman–Crippen MR) is 113 cm³/mol. The van der Waals surface area contributed by atoms with Crippen LogP contribution in [0.3, 0.4) is 0 Å². The van der Waals surface area contributed by atoms with Crippen LogP contribution in [0.2, 0.25) is 0 Å². The largest absolute Gasteiger partial charge is 0.387 e. The fourth-order valence-corrected chi connectivity index (χ4v) is 4.42. The lowest BCUT2D eigenvalue weighted by atomic mass is 9.90. The molecule has 0 spiro atoms. The molecular formula is C22H24N4O2S. The molecule has 1 aliphatic rings. The molecule has 2 aromatic heterocycles. The first kappa shape index (κ1) is 19.5. The van der Waals surface area contributed by atoms with Gasteiger partial charge < -0.3 is 10.0 Å². The maximum absolute atomic E-state index is 12.7. The van der Waals surface area contributed by atoms with Gasteiger partial charge in [0.1, 0.15) is 0 Å². The molecule has 3 aromatic rings. The SMILES string of the molecule is O=C(c1cn(C/C=C/c2ccccc2)nn1)N1CCC(C(O)c2cccs2)CC1. The molecule has 1 aliphatic heterocycles. The van der Waals surface area contributed by atoms with Gasteiger partial charge in [-0.05, 0) is 35.8 Å². The number of nitrogens with zero attached hydrogens (tertiary/aromatic N) is 4. The number of carbonyl (C=O) groups is 1. The summed E-state index contributed by atoms with van der Waals surface area (Å²) in [6, 6.07) is 14.0. The van der Waals surface area contributed by atoms with Crippen LogP contribution in [0.1, 0.15) is 39.9 Å². The van der Waals surface area contributed by atoms with E-state index in [1.807, 2.05) is 64.9 Å². The van der Waals surface area contributed by atoms with Crippen molar-refractivity contribution in [2.24, 2.45) is 5.92 Å². The Morgan fingerprint density at radius 1 is 1.21 bits per heavy atom. The zero-order valence-corrected chi connectivity index (χ0v) is 16.9. The van der Waals surface area contributed by atoms with Gasteiger partial charge >= 0.3 is 0 Å². The smallest absolute Gasteiger partial charge is 0.276 e. The summed E-state index contributed by atoms with van der Waals surface area (Å²) in [4.78, 5) is 15.6. The number of likely N-dealkylation sites (tertiary alicyclic amines) is 1. The number of benzene rings is 1. The van der Waals surface area contributed by atoms with E-state index in [0.29, 0.717) is 25.3 Å². The topological polar surface area (TPSA) is 71.2 Å². The van der Waals surface area contributed by atoms with Gasteiger partial charge in [0, 0.05) is 18.0 Å². The molecule has 1 aromatic carbocycles. The zero-order valence-electron chi connectivity index (χ0n) is 16.1. The molecule has 1 atom stereocenters. The number of hydrogen-bond donors (Lipinski definition) is 1. The number of aromatic nitrogens is 3. The number of allylic oxidation sites excluding steroid dienone is 1. The van der Waals surface area contributed by atoms with E-state index in [9.17, 15) is 9.90 Å². The molecule has 7 heteroatoms. The van der Waals surface area contributed by atoms with E-state index in [1.54, 1.807) is 22.2 Å². The highest BCUT2D eigenvalue weighted by molar-refractivity contribution is 7.10. The van der Waals surface area contributed by atoms with Gasteiger partial charge in [0.05, 0.1) is 18.8 Å². The third-order valence-corrected chi connectivity index (χ3v) is 6.21. The Bertz CT molecular complexity index is 944. The van der Waals surface area contributed by atoms with Crippen LogP contribution < -0.4 is 0 Å². The number of carbonyl (C=O) groups excluding carboxylic acids is 1. The Morgan fingerprint density at radius 2 is 2.00 bits per heavy atom. The van der Waals surface area contributed by atoms with E-state index in [1.165, 1.54) is 0 Å². The molecular weight excluding hydrogens is 384 g/mol. The second-order valence-electron chi connectivity index (χ2n) is 7.23. The Labute approximate surface area is 174 Å². The van der Waals surface area contributed by atoms with Crippen molar-refractivity contribution >= 4 is 23.3 Å². The van der Waals surface area contributed by atoms with Gasteiger partial charge in [-0.2, -0.15) is 0 Å². The van der Waals surface area contributed by atoms with Gasteiger partial charge in [0.2, 0.25) is 0 Å². The maximum Gasteiger partial charge on any atom is 0.276 e. The Kier molecular flexibility index (Phi) is 6.17. The molecule has 0 saturated carbocycles. The minimum Gasteiger partial charge on any atom is -0.387 e. The first-order valence-corrected chi connectivity index (χ1v) is 10.7. The number of hydrogen-bond acceptors (Lipinski definition) is 5. The lowest BCUT2D eigenvalue weighted by Gasteiger charge is -2.33. The maximum atomic E-state index is 12.7. The highest BCUT2D eigenvalue weighted by atomic mass is 32.1. The first-order valence-electron chi connectivity index (χ1n) is 9.83. The van der Waals surface area contributed by atoms with Gasteiger partial charge in [-0.3, -0.25) is 4.79 Å². The molecule has 1 fully saturated rings. The van der Waals surface area contributed by atoms with Crippen molar-refractivity contribution < 1.29 is 9.90 Å². The predicted octanol–water partition coefficient (Wildman–Crippen LogP) is 3.64. The van der Waals surface area contributed by atoms with Gasteiger partial charge in [-0.25, -0.2) is 4.68 Å². The average molecular weight is 409 g/mol. The van der Waals surface area contributed by atoms with E-state index >= 15 is 0 Å². The molecule has 1 amide bonds. The molecule has 0 aliphatic carbocycles. The standard InChI is InChI=1S/C22H24N4O2S/c27-21(20-9-5-15-29-20)18-10-13-25(14-11-18)22(28)19-16-26(24-23-19)12-4-8-17-6-2-1-3-7-17/h1-9,15-16,18,21,27H,10-14H2/b8-4+. The summed E-state index contributed by atoms with van der Waals surface area (Å²) in [5.41, 5.74) is 1.49. The molecule has 1 N–H and O–H groups in total. The fraction of sp³-hybridized carbons (Fsp3) is 0.318. The summed E-state index contributed by atoms with van der Waals surface area (Å²) in [5, 5.41) is 20.6. The van der Waals surface area contributed by atoms with Crippen molar-refractivity contribution in [2.75, 3.05) is 13.1 Å². The van der Waals surface area contributed by atoms with Crippen molar-refractivity contribution in [3.05, 3.63) is 76.3 Å². The fourth-order valence-electron chi connectivity index (χ4n) is 3.62. The van der Waals surface area contributed by atoms with Gasteiger partial charge in [-0.15, -0.1) is 16.4 Å². The molecule has 0 bridgehead atoms. The first-order chi connectivity index (χ1) is 14.2. The third kappa shape index (κ3) is 4.81. The molecule has 4 rings (SSSR count).